The molecule has 2 amide bonds. The van der Waals surface area contributed by atoms with E-state index in [9.17, 15) is 14.7 Å². The number of carbonyl (C=O) groups is 2. The van der Waals surface area contributed by atoms with Crippen molar-refractivity contribution >= 4 is 50.3 Å². The van der Waals surface area contributed by atoms with Gasteiger partial charge >= 0.3 is 0 Å². The van der Waals surface area contributed by atoms with Gasteiger partial charge < -0.3 is 20.3 Å². The van der Waals surface area contributed by atoms with Crippen LogP contribution in [0.3, 0.4) is 0 Å². The minimum atomic E-state index is -0.772. The molecule has 1 unspecified atom stereocenters. The quantitative estimate of drug-likeness (QED) is 0.228. The first-order valence-corrected chi connectivity index (χ1v) is 12.2. The lowest BCUT2D eigenvalue weighted by atomic mass is 10.2. The van der Waals surface area contributed by atoms with Crippen LogP contribution in [0.1, 0.15) is 22.2 Å². The van der Waals surface area contributed by atoms with Crippen LogP contribution >= 0.6 is 23.1 Å². The maximum atomic E-state index is 12.6. The Morgan fingerprint density at radius 1 is 1.15 bits per heavy atom. The standard InChI is InChI=1S/C23H22N6O3S2/c1-2-12-29-20(17(13-30)24-21(32)15-8-4-3-5-9-15)27-28-23(29)33-14-19(31)26-22-25-16-10-6-7-11-18(16)34-22/h2-11,17,30H,1,12-14H2,(H,24,32)(H,25,26,31). The fourth-order valence-corrected chi connectivity index (χ4v) is 4.84. The molecule has 4 aromatic rings. The summed E-state index contributed by atoms with van der Waals surface area (Å²) in [5.41, 5.74) is 1.30. The number of fused-ring (bicyclic) bond motifs is 1. The number of thiazole rings is 1. The Morgan fingerprint density at radius 3 is 2.65 bits per heavy atom. The van der Waals surface area contributed by atoms with E-state index in [0.29, 0.717) is 28.2 Å². The van der Waals surface area contributed by atoms with Crippen molar-refractivity contribution in [3.63, 3.8) is 0 Å². The Kier molecular flexibility index (Phi) is 7.68. The molecular formula is C23H22N6O3S2. The number of aliphatic hydroxyl groups excluding tert-OH is 1. The van der Waals surface area contributed by atoms with E-state index < -0.39 is 6.04 Å². The summed E-state index contributed by atoms with van der Waals surface area (Å²) in [6.45, 7) is 3.75. The van der Waals surface area contributed by atoms with Crippen molar-refractivity contribution in [3.8, 4) is 0 Å². The molecule has 0 saturated carbocycles. The molecule has 2 heterocycles. The fourth-order valence-electron chi connectivity index (χ4n) is 3.20. The number of nitrogens with one attached hydrogen (secondary N) is 2. The predicted octanol–water partition coefficient (Wildman–Crippen LogP) is 3.27. The summed E-state index contributed by atoms with van der Waals surface area (Å²) in [6.07, 6.45) is 1.66. The van der Waals surface area contributed by atoms with E-state index in [0.717, 1.165) is 10.2 Å². The van der Waals surface area contributed by atoms with Gasteiger partial charge in [0.05, 0.1) is 22.6 Å². The highest BCUT2D eigenvalue weighted by Gasteiger charge is 2.23. The van der Waals surface area contributed by atoms with Gasteiger partial charge in [0.2, 0.25) is 5.91 Å². The van der Waals surface area contributed by atoms with Crippen molar-refractivity contribution in [2.75, 3.05) is 17.7 Å². The third kappa shape index (κ3) is 5.50. The second-order valence-corrected chi connectivity index (χ2v) is 9.11. The topological polar surface area (TPSA) is 122 Å². The molecule has 0 fully saturated rings. The van der Waals surface area contributed by atoms with Gasteiger partial charge in [-0.05, 0) is 24.3 Å². The van der Waals surface area contributed by atoms with Gasteiger partial charge in [0.15, 0.2) is 16.1 Å². The van der Waals surface area contributed by atoms with Crippen LogP contribution in [-0.2, 0) is 11.3 Å². The molecule has 0 aliphatic carbocycles. The van der Waals surface area contributed by atoms with Gasteiger partial charge in [0.1, 0.15) is 6.04 Å². The molecule has 9 nitrogen and oxygen atoms in total. The Bertz CT molecular complexity index is 1270. The molecule has 4 rings (SSSR count). The van der Waals surface area contributed by atoms with Gasteiger partial charge in [-0.3, -0.25) is 9.59 Å². The largest absolute Gasteiger partial charge is 0.394 e. The number of hydrogen-bond donors (Lipinski definition) is 3. The average molecular weight is 495 g/mol. The van der Waals surface area contributed by atoms with Gasteiger partial charge in [-0.1, -0.05) is 59.5 Å². The number of aromatic nitrogens is 4. The third-order valence-corrected chi connectivity index (χ3v) is 6.68. The maximum Gasteiger partial charge on any atom is 0.251 e. The van der Waals surface area contributed by atoms with Crippen molar-refractivity contribution in [1.29, 1.82) is 0 Å². The minimum Gasteiger partial charge on any atom is -0.394 e. The Balaban J connectivity index is 1.43. The van der Waals surface area contributed by atoms with Crippen LogP contribution in [0, 0.1) is 0 Å². The number of aliphatic hydroxyl groups is 1. The predicted molar refractivity (Wildman–Crippen MR) is 133 cm³/mol. The molecule has 2 aromatic heterocycles. The highest BCUT2D eigenvalue weighted by atomic mass is 32.2. The van der Waals surface area contributed by atoms with E-state index in [2.05, 4.69) is 32.4 Å². The fraction of sp³-hybridized carbons (Fsp3) is 0.174. The number of para-hydroxylation sites is 1. The van der Waals surface area contributed by atoms with E-state index in [1.165, 1.54) is 23.1 Å². The van der Waals surface area contributed by atoms with Crippen LogP contribution in [0.15, 0.2) is 72.4 Å². The van der Waals surface area contributed by atoms with E-state index >= 15 is 0 Å². The molecule has 0 radical (unpaired) electrons. The summed E-state index contributed by atoms with van der Waals surface area (Å²) in [5, 5.41) is 24.9. The van der Waals surface area contributed by atoms with Gasteiger partial charge in [0, 0.05) is 12.1 Å². The lowest BCUT2D eigenvalue weighted by Gasteiger charge is -2.17. The smallest absolute Gasteiger partial charge is 0.251 e. The van der Waals surface area contributed by atoms with Crippen LogP contribution in [0.4, 0.5) is 5.13 Å². The number of thioether (sulfide) groups is 1. The summed E-state index contributed by atoms with van der Waals surface area (Å²) in [4.78, 5) is 29.5. The number of rotatable bonds is 10. The van der Waals surface area contributed by atoms with Crippen LogP contribution in [0.2, 0.25) is 0 Å². The van der Waals surface area contributed by atoms with Crippen LogP contribution in [0.25, 0.3) is 10.2 Å². The molecular weight excluding hydrogens is 472 g/mol. The normalized spacial score (nSPS) is 11.8. The molecule has 3 N–H and O–H groups in total. The number of hydrogen-bond acceptors (Lipinski definition) is 8. The summed E-state index contributed by atoms with van der Waals surface area (Å²) >= 11 is 2.60. The van der Waals surface area contributed by atoms with Gasteiger partial charge in [0.25, 0.3) is 5.91 Å². The van der Waals surface area contributed by atoms with Crippen LogP contribution < -0.4 is 10.6 Å². The third-order valence-electron chi connectivity index (χ3n) is 4.77. The monoisotopic (exact) mass is 494 g/mol. The molecule has 0 spiro atoms. The minimum absolute atomic E-state index is 0.0887. The molecule has 0 saturated heterocycles. The van der Waals surface area contributed by atoms with Gasteiger partial charge in [-0.15, -0.1) is 16.8 Å². The van der Waals surface area contributed by atoms with Crippen LogP contribution in [-0.4, -0.2) is 49.0 Å². The Labute approximate surface area is 203 Å². The number of anilines is 1. The average Bonchev–Trinajstić information content (AvgIpc) is 3.45. The number of carbonyl (C=O) groups excluding carboxylic acids is 2. The Hall–Kier alpha value is -3.54. The molecule has 2 aromatic carbocycles. The van der Waals surface area contributed by atoms with E-state index in [1.54, 1.807) is 34.9 Å². The zero-order valence-electron chi connectivity index (χ0n) is 18.0. The van der Waals surface area contributed by atoms with Crippen molar-refractivity contribution in [2.24, 2.45) is 0 Å². The van der Waals surface area contributed by atoms with E-state index in [4.69, 9.17) is 0 Å². The molecule has 0 bridgehead atoms. The summed E-state index contributed by atoms with van der Waals surface area (Å²) in [6, 6.07) is 15.6. The number of amides is 2. The first kappa shape index (κ1) is 23.6. The molecule has 0 aliphatic heterocycles. The lowest BCUT2D eigenvalue weighted by molar-refractivity contribution is -0.113. The molecule has 11 heteroatoms. The van der Waals surface area contributed by atoms with E-state index in [1.807, 2.05) is 30.3 Å². The van der Waals surface area contributed by atoms with Crippen molar-refractivity contribution in [2.45, 2.75) is 17.7 Å². The SMILES string of the molecule is C=CCn1c(SCC(=O)Nc2nc3ccccc3s2)nnc1C(CO)NC(=O)c1ccccc1. The van der Waals surface area contributed by atoms with Crippen molar-refractivity contribution in [3.05, 3.63) is 78.6 Å². The number of nitrogens with zero attached hydrogens (tertiary/aromatic N) is 4. The zero-order chi connectivity index (χ0) is 23.9. The number of allylic oxidation sites excluding steroid dienone is 1. The molecule has 34 heavy (non-hydrogen) atoms. The van der Waals surface area contributed by atoms with Crippen molar-refractivity contribution in [1.82, 2.24) is 25.1 Å². The molecule has 174 valence electrons. The Morgan fingerprint density at radius 2 is 1.91 bits per heavy atom. The van der Waals surface area contributed by atoms with Crippen LogP contribution in [0.5, 0.6) is 0 Å². The molecule has 1 atom stereocenters. The second-order valence-electron chi connectivity index (χ2n) is 7.14. The van der Waals surface area contributed by atoms with Gasteiger partial charge in [-0.2, -0.15) is 0 Å². The van der Waals surface area contributed by atoms with E-state index in [-0.39, 0.29) is 24.2 Å². The first-order valence-electron chi connectivity index (χ1n) is 10.4. The summed E-state index contributed by atoms with van der Waals surface area (Å²) in [5.74, 6) is -0.0985. The summed E-state index contributed by atoms with van der Waals surface area (Å²) in [7, 11) is 0. The first-order chi connectivity index (χ1) is 16.6. The lowest BCUT2D eigenvalue weighted by Crippen LogP contribution is -2.33. The highest BCUT2D eigenvalue weighted by molar-refractivity contribution is 7.99. The summed E-state index contributed by atoms with van der Waals surface area (Å²) < 4.78 is 2.71. The second kappa shape index (κ2) is 11.1. The molecule has 0 aliphatic rings. The maximum absolute atomic E-state index is 12.6. The highest BCUT2D eigenvalue weighted by Crippen LogP contribution is 2.26. The van der Waals surface area contributed by atoms with Gasteiger partial charge in [-0.25, -0.2) is 4.98 Å². The number of benzene rings is 2. The van der Waals surface area contributed by atoms with Crippen molar-refractivity contribution < 1.29 is 14.7 Å². The zero-order valence-corrected chi connectivity index (χ0v) is 19.7.